The quantitative estimate of drug-likeness (QED) is 0.592. The first-order valence-electron chi connectivity index (χ1n) is 9.15. The fraction of sp³-hybridized carbons (Fsp3) is 0.350. The maximum atomic E-state index is 12.3. The number of hydrogen-bond acceptors (Lipinski definition) is 5. The van der Waals surface area contributed by atoms with Crippen LogP contribution in [0.4, 0.5) is 11.4 Å². The number of carbonyl (C=O) groups excluding carboxylic acids is 1. The first-order chi connectivity index (χ1) is 13.4. The van der Waals surface area contributed by atoms with E-state index in [2.05, 4.69) is 46.3 Å². The summed E-state index contributed by atoms with van der Waals surface area (Å²) < 4.78 is 0. The molecule has 1 saturated heterocycles. The van der Waals surface area contributed by atoms with Crippen molar-refractivity contribution in [2.45, 2.75) is 13.5 Å². The number of nitrogens with zero attached hydrogens (tertiary/aromatic N) is 3. The molecular formula is C20H23ClN4O3. The van der Waals surface area contributed by atoms with E-state index in [0.29, 0.717) is 5.02 Å². The molecule has 0 saturated carbocycles. The zero-order valence-corrected chi connectivity index (χ0v) is 16.5. The van der Waals surface area contributed by atoms with E-state index in [1.165, 1.54) is 29.3 Å². The Hall–Kier alpha value is -2.48. The minimum absolute atomic E-state index is 0.126. The molecular weight excluding hydrogens is 380 g/mol. The highest BCUT2D eigenvalue weighted by Gasteiger charge is 2.21. The van der Waals surface area contributed by atoms with Crippen LogP contribution >= 0.6 is 11.6 Å². The number of piperazine rings is 1. The van der Waals surface area contributed by atoms with Crippen molar-refractivity contribution in [3.8, 4) is 0 Å². The summed E-state index contributed by atoms with van der Waals surface area (Å²) in [6.07, 6.45) is 0. The Morgan fingerprint density at radius 3 is 2.54 bits per heavy atom. The molecule has 8 heteroatoms. The van der Waals surface area contributed by atoms with Crippen LogP contribution in [0.15, 0.2) is 42.5 Å². The fourth-order valence-electron chi connectivity index (χ4n) is 3.33. The standard InChI is InChI=1S/C20H23ClN4O3/c1-15-3-2-4-16(11-15)13-23-7-9-24(10-8-23)14-20(26)22-18-12-17(21)5-6-19(18)25(27)28/h2-6,11-12H,7-10,13-14H2,1H3,(H,22,26). The van der Waals surface area contributed by atoms with Crippen molar-refractivity contribution in [2.24, 2.45) is 0 Å². The van der Waals surface area contributed by atoms with E-state index in [9.17, 15) is 14.9 Å². The summed E-state index contributed by atoms with van der Waals surface area (Å²) in [6.45, 7) is 6.48. The van der Waals surface area contributed by atoms with Crippen molar-refractivity contribution in [1.82, 2.24) is 9.80 Å². The highest BCUT2D eigenvalue weighted by atomic mass is 35.5. The summed E-state index contributed by atoms with van der Waals surface area (Å²) in [6, 6.07) is 12.6. The number of rotatable bonds is 6. The maximum absolute atomic E-state index is 12.3. The number of nitrogens with one attached hydrogen (secondary N) is 1. The lowest BCUT2D eigenvalue weighted by atomic mass is 10.1. The smallest absolute Gasteiger partial charge is 0.292 e. The molecule has 1 aliphatic rings. The number of anilines is 1. The monoisotopic (exact) mass is 402 g/mol. The molecule has 1 fully saturated rings. The number of benzene rings is 2. The first kappa shape index (κ1) is 20.3. The van der Waals surface area contributed by atoms with Gasteiger partial charge in [0.15, 0.2) is 0 Å². The normalized spacial score (nSPS) is 15.4. The summed E-state index contributed by atoms with van der Waals surface area (Å²) in [5, 5.41) is 14.1. The molecule has 0 bridgehead atoms. The molecule has 0 unspecified atom stereocenters. The first-order valence-corrected chi connectivity index (χ1v) is 9.52. The Balaban J connectivity index is 1.50. The van der Waals surface area contributed by atoms with Crippen LogP contribution in [-0.4, -0.2) is 53.4 Å². The molecule has 0 aromatic heterocycles. The number of carbonyl (C=O) groups is 1. The molecule has 28 heavy (non-hydrogen) atoms. The van der Waals surface area contributed by atoms with E-state index in [0.717, 1.165) is 32.7 Å². The van der Waals surface area contributed by atoms with Gasteiger partial charge in [-0.3, -0.25) is 24.7 Å². The fourth-order valence-corrected chi connectivity index (χ4v) is 3.51. The second-order valence-electron chi connectivity index (χ2n) is 7.01. The molecule has 7 nitrogen and oxygen atoms in total. The molecule has 1 aliphatic heterocycles. The number of hydrogen-bond donors (Lipinski definition) is 1. The summed E-state index contributed by atoms with van der Waals surface area (Å²) >= 11 is 5.90. The minimum atomic E-state index is -0.532. The molecule has 2 aromatic rings. The van der Waals surface area contributed by atoms with Crippen molar-refractivity contribution in [3.63, 3.8) is 0 Å². The van der Waals surface area contributed by atoms with Gasteiger partial charge in [0.1, 0.15) is 5.69 Å². The van der Waals surface area contributed by atoms with Crippen LogP contribution in [0.5, 0.6) is 0 Å². The van der Waals surface area contributed by atoms with Crippen LogP contribution in [0.25, 0.3) is 0 Å². The van der Waals surface area contributed by atoms with Gasteiger partial charge in [0.25, 0.3) is 5.69 Å². The van der Waals surface area contributed by atoms with Crippen molar-refractivity contribution in [1.29, 1.82) is 0 Å². The lowest BCUT2D eigenvalue weighted by Gasteiger charge is -2.34. The Kier molecular flexibility index (Phi) is 6.61. The van der Waals surface area contributed by atoms with Gasteiger partial charge < -0.3 is 5.32 Å². The Morgan fingerprint density at radius 2 is 1.86 bits per heavy atom. The van der Waals surface area contributed by atoms with Crippen molar-refractivity contribution < 1.29 is 9.72 Å². The molecule has 1 N–H and O–H groups in total. The molecule has 148 valence electrons. The topological polar surface area (TPSA) is 78.7 Å². The summed E-state index contributed by atoms with van der Waals surface area (Å²) in [5.41, 5.74) is 2.50. The van der Waals surface area contributed by atoms with E-state index in [1.54, 1.807) is 0 Å². The van der Waals surface area contributed by atoms with Crippen molar-refractivity contribution in [3.05, 3.63) is 68.7 Å². The predicted molar refractivity (Wildman–Crippen MR) is 110 cm³/mol. The van der Waals surface area contributed by atoms with Crippen LogP contribution in [0.3, 0.4) is 0 Å². The second kappa shape index (κ2) is 9.14. The number of nitro groups is 1. The zero-order valence-electron chi connectivity index (χ0n) is 15.7. The Labute approximate surface area is 169 Å². The third kappa shape index (κ3) is 5.51. The molecule has 3 rings (SSSR count). The third-order valence-electron chi connectivity index (χ3n) is 4.75. The van der Waals surface area contributed by atoms with Crippen LogP contribution in [0.2, 0.25) is 5.02 Å². The molecule has 2 aromatic carbocycles. The average molecular weight is 403 g/mol. The highest BCUT2D eigenvalue weighted by molar-refractivity contribution is 6.31. The zero-order chi connectivity index (χ0) is 20.1. The second-order valence-corrected chi connectivity index (χ2v) is 7.44. The summed E-state index contributed by atoms with van der Waals surface area (Å²) in [5.74, 6) is -0.280. The van der Waals surface area contributed by atoms with Crippen LogP contribution in [0, 0.1) is 17.0 Å². The van der Waals surface area contributed by atoms with Gasteiger partial charge in [-0.25, -0.2) is 0 Å². The third-order valence-corrected chi connectivity index (χ3v) is 4.99. The van der Waals surface area contributed by atoms with Crippen LogP contribution in [0.1, 0.15) is 11.1 Å². The van der Waals surface area contributed by atoms with Gasteiger partial charge >= 0.3 is 0 Å². The van der Waals surface area contributed by atoms with Crippen molar-refractivity contribution in [2.75, 3.05) is 38.0 Å². The number of nitro benzene ring substituents is 1. The highest BCUT2D eigenvalue weighted by Crippen LogP contribution is 2.27. The van der Waals surface area contributed by atoms with Gasteiger partial charge in [0, 0.05) is 43.8 Å². The molecule has 0 atom stereocenters. The molecule has 1 amide bonds. The predicted octanol–water partition coefficient (Wildman–Crippen LogP) is 3.31. The molecule has 0 aliphatic carbocycles. The largest absolute Gasteiger partial charge is 0.319 e. The van der Waals surface area contributed by atoms with E-state index >= 15 is 0 Å². The maximum Gasteiger partial charge on any atom is 0.292 e. The Morgan fingerprint density at radius 1 is 1.14 bits per heavy atom. The van der Waals surface area contributed by atoms with E-state index in [-0.39, 0.29) is 23.8 Å². The van der Waals surface area contributed by atoms with Crippen LogP contribution in [-0.2, 0) is 11.3 Å². The summed E-state index contributed by atoms with van der Waals surface area (Å²) in [7, 11) is 0. The van der Waals surface area contributed by atoms with Gasteiger partial charge in [-0.05, 0) is 24.6 Å². The average Bonchev–Trinajstić information content (AvgIpc) is 2.63. The molecule has 0 radical (unpaired) electrons. The van der Waals surface area contributed by atoms with Gasteiger partial charge in [0.2, 0.25) is 5.91 Å². The lowest BCUT2D eigenvalue weighted by molar-refractivity contribution is -0.383. The van der Waals surface area contributed by atoms with Crippen molar-refractivity contribution >= 4 is 28.9 Å². The van der Waals surface area contributed by atoms with Gasteiger partial charge in [0.05, 0.1) is 11.5 Å². The molecule has 0 spiro atoms. The van der Waals surface area contributed by atoms with E-state index in [1.807, 2.05) is 0 Å². The van der Waals surface area contributed by atoms with Crippen LogP contribution < -0.4 is 5.32 Å². The lowest BCUT2D eigenvalue weighted by Crippen LogP contribution is -2.48. The van der Waals surface area contributed by atoms with E-state index in [4.69, 9.17) is 11.6 Å². The van der Waals surface area contributed by atoms with E-state index < -0.39 is 4.92 Å². The minimum Gasteiger partial charge on any atom is -0.319 e. The summed E-state index contributed by atoms with van der Waals surface area (Å²) in [4.78, 5) is 27.3. The Bertz CT molecular complexity index is 866. The van der Waals surface area contributed by atoms with Gasteiger partial charge in [-0.2, -0.15) is 0 Å². The number of aryl methyl sites for hydroxylation is 1. The van der Waals surface area contributed by atoms with Gasteiger partial charge in [-0.1, -0.05) is 41.4 Å². The molecule has 1 heterocycles. The number of amides is 1. The SMILES string of the molecule is Cc1cccc(CN2CCN(CC(=O)Nc3cc(Cl)ccc3[N+](=O)[O-])CC2)c1. The van der Waals surface area contributed by atoms with Gasteiger partial charge in [-0.15, -0.1) is 0 Å². The number of halogens is 1.